The number of carbonyl (C=O) groups excluding carboxylic acids is 1. The van der Waals surface area contributed by atoms with Crippen LogP contribution in [0.4, 0.5) is 11.4 Å². The average molecular weight is 544 g/mol. The van der Waals surface area contributed by atoms with Gasteiger partial charge < -0.3 is 15.8 Å². The molecule has 1 amide bonds. The third-order valence-electron chi connectivity index (χ3n) is 7.40. The van der Waals surface area contributed by atoms with Gasteiger partial charge in [-0.05, 0) is 62.4 Å². The Morgan fingerprint density at radius 1 is 1.08 bits per heavy atom. The van der Waals surface area contributed by atoms with Gasteiger partial charge in [-0.2, -0.15) is 0 Å². The minimum Gasteiger partial charge on any atom is -0.493 e. The molecule has 37 heavy (non-hydrogen) atoms. The number of nitrogens with two attached hydrogens (primary N) is 1. The molecule has 1 aromatic heterocycles. The standard InChI is InChI=1S/C26H29N3O6S2/c1-15-12-18(37(33,34)17-8-6-16(7-9-17)36(2,31)32)13-20-24(15)28-14-21(26(27)30)25(20)29-22-4-3-5-23-19(22)10-11-35-23/h3-5,12-14,16-17H,6-11H2,1-2H3,(H2,27,30)(H,28,29). The van der Waals surface area contributed by atoms with Gasteiger partial charge in [0.25, 0.3) is 5.91 Å². The first-order chi connectivity index (χ1) is 17.5. The van der Waals surface area contributed by atoms with E-state index in [9.17, 15) is 21.6 Å². The first-order valence-corrected chi connectivity index (χ1v) is 15.6. The molecule has 2 heterocycles. The quantitative estimate of drug-likeness (QED) is 0.481. The van der Waals surface area contributed by atoms with Crippen molar-refractivity contribution in [2.45, 2.75) is 54.4 Å². The van der Waals surface area contributed by atoms with Gasteiger partial charge in [-0.15, -0.1) is 0 Å². The van der Waals surface area contributed by atoms with E-state index in [2.05, 4.69) is 10.3 Å². The van der Waals surface area contributed by atoms with Crippen molar-refractivity contribution in [1.29, 1.82) is 0 Å². The van der Waals surface area contributed by atoms with Gasteiger partial charge in [0.1, 0.15) is 15.6 Å². The molecular formula is C26H29N3O6S2. The minimum absolute atomic E-state index is 0.119. The lowest BCUT2D eigenvalue weighted by atomic mass is 10.00. The summed E-state index contributed by atoms with van der Waals surface area (Å²) in [7, 11) is -6.98. The number of pyridine rings is 1. The Morgan fingerprint density at radius 3 is 2.46 bits per heavy atom. The molecule has 1 fully saturated rings. The number of carbonyl (C=O) groups is 1. The van der Waals surface area contributed by atoms with Crippen molar-refractivity contribution in [3.8, 4) is 5.75 Å². The number of aromatic nitrogens is 1. The summed E-state index contributed by atoms with van der Waals surface area (Å²) >= 11 is 0. The van der Waals surface area contributed by atoms with E-state index in [1.165, 1.54) is 12.5 Å². The summed E-state index contributed by atoms with van der Waals surface area (Å²) in [5, 5.41) is 2.60. The van der Waals surface area contributed by atoms with E-state index in [0.29, 0.717) is 48.0 Å². The highest BCUT2D eigenvalue weighted by molar-refractivity contribution is 7.92. The van der Waals surface area contributed by atoms with E-state index in [4.69, 9.17) is 10.5 Å². The molecule has 2 aliphatic rings. The lowest BCUT2D eigenvalue weighted by Crippen LogP contribution is -2.32. The van der Waals surface area contributed by atoms with Gasteiger partial charge in [0.05, 0.1) is 38.8 Å². The van der Waals surface area contributed by atoms with Crippen molar-refractivity contribution < 1.29 is 26.4 Å². The number of nitrogens with zero attached hydrogens (tertiary/aromatic N) is 1. The monoisotopic (exact) mass is 543 g/mol. The maximum absolute atomic E-state index is 13.7. The van der Waals surface area contributed by atoms with Crippen LogP contribution in [-0.2, 0) is 26.1 Å². The van der Waals surface area contributed by atoms with Crippen molar-refractivity contribution in [3.63, 3.8) is 0 Å². The van der Waals surface area contributed by atoms with Crippen LogP contribution in [0.3, 0.4) is 0 Å². The molecule has 0 saturated heterocycles. The zero-order valence-electron chi connectivity index (χ0n) is 20.7. The van der Waals surface area contributed by atoms with E-state index in [1.807, 2.05) is 18.2 Å². The number of nitrogens with one attached hydrogen (secondary N) is 1. The maximum Gasteiger partial charge on any atom is 0.252 e. The number of rotatable bonds is 6. The highest BCUT2D eigenvalue weighted by Crippen LogP contribution is 2.39. The highest BCUT2D eigenvalue weighted by atomic mass is 32.2. The van der Waals surface area contributed by atoms with Crippen LogP contribution < -0.4 is 15.8 Å². The normalized spacial score (nSPS) is 19.8. The van der Waals surface area contributed by atoms with Crippen molar-refractivity contribution in [2.75, 3.05) is 18.2 Å². The van der Waals surface area contributed by atoms with Gasteiger partial charge in [0, 0.05) is 35.5 Å². The van der Waals surface area contributed by atoms with E-state index >= 15 is 0 Å². The molecule has 1 aliphatic carbocycles. The number of anilines is 2. The number of hydrogen-bond donors (Lipinski definition) is 2. The van der Waals surface area contributed by atoms with Crippen molar-refractivity contribution in [1.82, 2.24) is 4.98 Å². The number of primary amides is 1. The van der Waals surface area contributed by atoms with Crippen LogP contribution in [0, 0.1) is 6.92 Å². The highest BCUT2D eigenvalue weighted by Gasteiger charge is 2.36. The lowest BCUT2D eigenvalue weighted by Gasteiger charge is -2.27. The molecule has 196 valence electrons. The van der Waals surface area contributed by atoms with Crippen LogP contribution in [0.1, 0.15) is 47.2 Å². The van der Waals surface area contributed by atoms with Gasteiger partial charge in [0.2, 0.25) is 0 Å². The summed E-state index contributed by atoms with van der Waals surface area (Å²) in [4.78, 5) is 16.9. The van der Waals surface area contributed by atoms with Gasteiger partial charge in [-0.1, -0.05) is 6.07 Å². The Labute approximate surface area is 216 Å². The molecule has 3 aromatic rings. The second-order valence-corrected chi connectivity index (χ2v) is 14.4. The van der Waals surface area contributed by atoms with Crippen molar-refractivity contribution in [2.24, 2.45) is 5.73 Å². The Bertz CT molecular complexity index is 1630. The molecule has 2 aromatic carbocycles. The van der Waals surface area contributed by atoms with Crippen LogP contribution >= 0.6 is 0 Å². The van der Waals surface area contributed by atoms with Crippen molar-refractivity contribution in [3.05, 3.63) is 53.2 Å². The molecule has 0 bridgehead atoms. The molecule has 1 aliphatic heterocycles. The fraction of sp³-hybridized carbons (Fsp3) is 0.385. The summed E-state index contributed by atoms with van der Waals surface area (Å²) in [5.74, 6) is 0.0684. The summed E-state index contributed by atoms with van der Waals surface area (Å²) < 4.78 is 56.9. The number of ether oxygens (including phenoxy) is 1. The van der Waals surface area contributed by atoms with Gasteiger partial charge >= 0.3 is 0 Å². The maximum atomic E-state index is 13.7. The predicted molar refractivity (Wildman–Crippen MR) is 142 cm³/mol. The summed E-state index contributed by atoms with van der Waals surface area (Å²) in [6.07, 6.45) is 4.48. The Balaban J connectivity index is 1.60. The van der Waals surface area contributed by atoms with Crippen LogP contribution in [0.25, 0.3) is 10.9 Å². The number of aryl methyl sites for hydroxylation is 1. The molecule has 0 radical (unpaired) electrons. The zero-order valence-corrected chi connectivity index (χ0v) is 22.3. The zero-order chi connectivity index (χ0) is 26.5. The molecule has 11 heteroatoms. The lowest BCUT2D eigenvalue weighted by molar-refractivity contribution is 0.100. The average Bonchev–Trinajstić information content (AvgIpc) is 3.33. The van der Waals surface area contributed by atoms with Gasteiger partial charge in [0.15, 0.2) is 9.84 Å². The first kappa shape index (κ1) is 25.5. The van der Waals surface area contributed by atoms with Crippen LogP contribution in [-0.4, -0.2) is 51.1 Å². The molecule has 9 nitrogen and oxygen atoms in total. The fourth-order valence-electron chi connectivity index (χ4n) is 5.37. The number of benzene rings is 2. The van der Waals surface area contributed by atoms with E-state index in [0.717, 1.165) is 17.0 Å². The van der Waals surface area contributed by atoms with Crippen LogP contribution in [0.15, 0.2) is 41.4 Å². The van der Waals surface area contributed by atoms with E-state index in [-0.39, 0.29) is 23.3 Å². The summed E-state index contributed by atoms with van der Waals surface area (Å²) in [6.45, 7) is 2.33. The first-order valence-electron chi connectivity index (χ1n) is 12.1. The molecule has 0 spiro atoms. The Hall–Kier alpha value is -3.18. The second kappa shape index (κ2) is 9.29. The summed E-state index contributed by atoms with van der Waals surface area (Å²) in [5.41, 5.74) is 9.12. The molecule has 5 rings (SSSR count). The Kier molecular flexibility index (Phi) is 6.39. The van der Waals surface area contributed by atoms with E-state index in [1.54, 1.807) is 19.1 Å². The molecule has 0 atom stereocenters. The molecule has 3 N–H and O–H groups in total. The minimum atomic E-state index is -3.76. The third-order valence-corrected chi connectivity index (χ3v) is 11.3. The predicted octanol–water partition coefficient (Wildman–Crippen LogP) is 3.45. The van der Waals surface area contributed by atoms with Crippen molar-refractivity contribution >= 4 is 47.9 Å². The van der Waals surface area contributed by atoms with E-state index < -0.39 is 36.1 Å². The number of amides is 1. The largest absolute Gasteiger partial charge is 0.493 e. The number of hydrogen-bond acceptors (Lipinski definition) is 8. The third kappa shape index (κ3) is 4.66. The topological polar surface area (TPSA) is 146 Å². The van der Waals surface area contributed by atoms with Gasteiger partial charge in [-0.3, -0.25) is 9.78 Å². The summed E-state index contributed by atoms with van der Waals surface area (Å²) in [6, 6.07) is 8.73. The van der Waals surface area contributed by atoms with Crippen LogP contribution in [0.2, 0.25) is 0 Å². The molecule has 1 saturated carbocycles. The number of fused-ring (bicyclic) bond motifs is 2. The smallest absolute Gasteiger partial charge is 0.252 e. The SMILES string of the molecule is Cc1cc(S(=O)(=O)C2CCC(S(C)(=O)=O)CC2)cc2c(Nc3cccc4c3CCO4)c(C(N)=O)cnc12. The fourth-order valence-corrected chi connectivity index (χ4v) is 8.40. The Morgan fingerprint density at radius 2 is 1.78 bits per heavy atom. The molecular weight excluding hydrogens is 514 g/mol. The second-order valence-electron chi connectivity index (χ2n) is 9.83. The number of sulfone groups is 2. The molecule has 0 unspecified atom stereocenters. The van der Waals surface area contributed by atoms with Gasteiger partial charge in [-0.25, -0.2) is 16.8 Å². The van der Waals surface area contributed by atoms with Crippen LogP contribution in [0.5, 0.6) is 5.75 Å².